The van der Waals surface area contributed by atoms with Crippen molar-refractivity contribution in [3.63, 3.8) is 0 Å². The van der Waals surface area contributed by atoms with E-state index in [-0.39, 0.29) is 5.82 Å². The van der Waals surface area contributed by atoms with Gasteiger partial charge >= 0.3 is 0 Å². The molecule has 0 spiro atoms. The van der Waals surface area contributed by atoms with E-state index in [0.717, 1.165) is 68.5 Å². The van der Waals surface area contributed by atoms with Gasteiger partial charge in [-0.05, 0) is 63.1 Å². The van der Waals surface area contributed by atoms with Gasteiger partial charge in [0.2, 0.25) is 0 Å². The smallest absolute Gasteiger partial charge is 0.154 e. The van der Waals surface area contributed by atoms with Gasteiger partial charge in [-0.15, -0.1) is 0 Å². The molecule has 34 heavy (non-hydrogen) atoms. The van der Waals surface area contributed by atoms with E-state index in [2.05, 4.69) is 46.4 Å². The molecule has 0 bridgehead atoms. The number of piperazine rings is 1. The van der Waals surface area contributed by atoms with Crippen molar-refractivity contribution in [1.29, 1.82) is 0 Å². The summed E-state index contributed by atoms with van der Waals surface area (Å²) in [6.45, 7) is 9.18. The van der Waals surface area contributed by atoms with E-state index in [9.17, 15) is 4.39 Å². The van der Waals surface area contributed by atoms with Crippen molar-refractivity contribution in [3.05, 3.63) is 66.4 Å². The largest absolute Gasteiger partial charge is 0.382 e. The molecule has 2 saturated heterocycles. The molecule has 2 N–H and O–H groups in total. The summed E-state index contributed by atoms with van der Waals surface area (Å²) in [5.41, 5.74) is 2.93. The molecule has 2 atom stereocenters. The first kappa shape index (κ1) is 22.8. The Morgan fingerprint density at radius 1 is 1.06 bits per heavy atom. The van der Waals surface area contributed by atoms with Gasteiger partial charge in [0.15, 0.2) is 5.82 Å². The fraction of sp³-hybridized carbons (Fsp3) is 0.462. The lowest BCUT2D eigenvalue weighted by Gasteiger charge is -2.35. The fourth-order valence-electron chi connectivity index (χ4n) is 5.24. The van der Waals surface area contributed by atoms with Gasteiger partial charge in [-0.3, -0.25) is 4.90 Å². The van der Waals surface area contributed by atoms with Crippen molar-refractivity contribution in [2.75, 3.05) is 36.4 Å². The lowest BCUT2D eigenvalue weighted by molar-refractivity contribution is 0.165. The zero-order valence-electron chi connectivity index (χ0n) is 20.0. The lowest BCUT2D eigenvalue weighted by atomic mass is 10.0. The summed E-state index contributed by atoms with van der Waals surface area (Å²) in [7, 11) is 0. The SMILES string of the molecule is CC1CN(Cc2ccn(-c3cccnc3N3CCC(Nc4cccc(F)c4)CC3)n2)CC(C)N1. The summed E-state index contributed by atoms with van der Waals surface area (Å²) in [5.74, 6) is 0.755. The standard InChI is InChI=1S/C26H34FN7/c1-19-16-32(17-20(2)29-19)18-24-10-14-34(31-24)25-7-4-11-28-26(25)33-12-8-22(9-13-33)30-23-6-3-5-21(27)15-23/h3-7,10-11,14-15,19-20,22,29-30H,8-9,12-13,16-18H2,1-2H3. The topological polar surface area (TPSA) is 61.3 Å². The number of pyridine rings is 1. The highest BCUT2D eigenvalue weighted by molar-refractivity contribution is 5.57. The number of nitrogens with one attached hydrogen (secondary N) is 2. The Hall–Kier alpha value is -2.97. The average molecular weight is 464 g/mol. The minimum atomic E-state index is -0.208. The molecule has 180 valence electrons. The maximum atomic E-state index is 13.5. The molecular weight excluding hydrogens is 429 g/mol. The zero-order chi connectivity index (χ0) is 23.5. The molecule has 2 fully saturated rings. The van der Waals surface area contributed by atoms with Gasteiger partial charge in [-0.2, -0.15) is 5.10 Å². The second kappa shape index (κ2) is 10.1. The number of piperidine rings is 1. The van der Waals surface area contributed by atoms with Crippen LogP contribution in [0.2, 0.25) is 0 Å². The molecule has 2 aliphatic heterocycles. The molecule has 4 heterocycles. The van der Waals surface area contributed by atoms with Crippen molar-refractivity contribution in [3.8, 4) is 5.69 Å². The number of anilines is 2. The summed E-state index contributed by atoms with van der Waals surface area (Å²) in [4.78, 5) is 9.53. The quantitative estimate of drug-likeness (QED) is 0.582. The molecule has 0 amide bonds. The Labute approximate surface area is 201 Å². The van der Waals surface area contributed by atoms with Crippen LogP contribution in [0.25, 0.3) is 5.69 Å². The summed E-state index contributed by atoms with van der Waals surface area (Å²) in [6, 6.07) is 14.2. The highest BCUT2D eigenvalue weighted by Crippen LogP contribution is 2.26. The second-order valence-corrected chi connectivity index (χ2v) is 9.68. The predicted molar refractivity (Wildman–Crippen MR) is 134 cm³/mol. The molecular formula is C26H34FN7. The zero-order valence-corrected chi connectivity index (χ0v) is 20.0. The highest BCUT2D eigenvalue weighted by Gasteiger charge is 2.24. The van der Waals surface area contributed by atoms with Gasteiger partial charge in [0.1, 0.15) is 11.5 Å². The van der Waals surface area contributed by atoms with E-state index in [1.54, 1.807) is 12.1 Å². The summed E-state index contributed by atoms with van der Waals surface area (Å²) in [6.07, 6.45) is 5.83. The molecule has 0 radical (unpaired) electrons. The molecule has 1 aromatic carbocycles. The third kappa shape index (κ3) is 5.39. The molecule has 2 unspecified atom stereocenters. The van der Waals surface area contributed by atoms with Crippen LogP contribution in [0.5, 0.6) is 0 Å². The summed E-state index contributed by atoms with van der Waals surface area (Å²) >= 11 is 0. The molecule has 2 aromatic heterocycles. The van der Waals surface area contributed by atoms with Crippen molar-refractivity contribution < 1.29 is 4.39 Å². The van der Waals surface area contributed by atoms with E-state index in [4.69, 9.17) is 10.1 Å². The maximum Gasteiger partial charge on any atom is 0.154 e. The minimum absolute atomic E-state index is 0.208. The van der Waals surface area contributed by atoms with Crippen LogP contribution in [0.3, 0.4) is 0 Å². The summed E-state index contributed by atoms with van der Waals surface area (Å²) < 4.78 is 15.5. The number of benzene rings is 1. The first-order valence-electron chi connectivity index (χ1n) is 12.3. The first-order chi connectivity index (χ1) is 16.5. The number of aromatic nitrogens is 3. The lowest BCUT2D eigenvalue weighted by Crippen LogP contribution is -2.53. The monoisotopic (exact) mass is 463 g/mol. The number of hydrogen-bond acceptors (Lipinski definition) is 6. The number of rotatable bonds is 6. The van der Waals surface area contributed by atoms with Gasteiger partial charge in [0.25, 0.3) is 0 Å². The number of hydrogen-bond donors (Lipinski definition) is 2. The normalized spacial score (nSPS) is 22.1. The third-order valence-electron chi connectivity index (χ3n) is 6.67. The molecule has 0 saturated carbocycles. The van der Waals surface area contributed by atoms with Gasteiger partial charge in [0, 0.05) is 68.9 Å². The van der Waals surface area contributed by atoms with E-state index < -0.39 is 0 Å². The van der Waals surface area contributed by atoms with Crippen LogP contribution >= 0.6 is 0 Å². The van der Waals surface area contributed by atoms with E-state index in [0.29, 0.717) is 18.1 Å². The van der Waals surface area contributed by atoms with Crippen LogP contribution < -0.4 is 15.5 Å². The molecule has 7 nitrogen and oxygen atoms in total. The van der Waals surface area contributed by atoms with Gasteiger partial charge in [0.05, 0.1) is 5.69 Å². The van der Waals surface area contributed by atoms with Crippen LogP contribution in [0, 0.1) is 5.82 Å². The second-order valence-electron chi connectivity index (χ2n) is 9.68. The third-order valence-corrected chi connectivity index (χ3v) is 6.67. The van der Waals surface area contributed by atoms with Crippen LogP contribution in [0.15, 0.2) is 54.9 Å². The minimum Gasteiger partial charge on any atom is -0.382 e. The molecule has 2 aliphatic rings. The fourth-order valence-corrected chi connectivity index (χ4v) is 5.24. The average Bonchev–Trinajstić information content (AvgIpc) is 3.27. The number of halogens is 1. The Morgan fingerprint density at radius 2 is 1.85 bits per heavy atom. The Morgan fingerprint density at radius 3 is 2.62 bits per heavy atom. The first-order valence-corrected chi connectivity index (χ1v) is 12.3. The highest BCUT2D eigenvalue weighted by atomic mass is 19.1. The van der Waals surface area contributed by atoms with Gasteiger partial charge < -0.3 is 15.5 Å². The van der Waals surface area contributed by atoms with Crippen molar-refractivity contribution >= 4 is 11.5 Å². The molecule has 3 aromatic rings. The van der Waals surface area contributed by atoms with Crippen LogP contribution in [-0.2, 0) is 6.54 Å². The summed E-state index contributed by atoms with van der Waals surface area (Å²) in [5, 5.41) is 12.0. The predicted octanol–water partition coefficient (Wildman–Crippen LogP) is 3.67. The van der Waals surface area contributed by atoms with E-state index >= 15 is 0 Å². The van der Waals surface area contributed by atoms with Gasteiger partial charge in [-0.25, -0.2) is 14.1 Å². The van der Waals surface area contributed by atoms with Crippen LogP contribution in [-0.4, -0.2) is 64.0 Å². The number of nitrogens with zero attached hydrogens (tertiary/aromatic N) is 5. The maximum absolute atomic E-state index is 13.5. The van der Waals surface area contributed by atoms with Crippen LogP contribution in [0.4, 0.5) is 15.9 Å². The van der Waals surface area contributed by atoms with E-state index in [1.807, 2.05) is 29.2 Å². The molecule has 5 rings (SSSR count). The van der Waals surface area contributed by atoms with Crippen molar-refractivity contribution in [2.45, 2.75) is 51.4 Å². The molecule has 8 heteroatoms. The molecule has 0 aliphatic carbocycles. The van der Waals surface area contributed by atoms with Crippen LogP contribution in [0.1, 0.15) is 32.4 Å². The Balaban J connectivity index is 1.24. The van der Waals surface area contributed by atoms with E-state index in [1.165, 1.54) is 6.07 Å². The van der Waals surface area contributed by atoms with Crippen molar-refractivity contribution in [1.82, 2.24) is 25.0 Å². The van der Waals surface area contributed by atoms with Gasteiger partial charge in [-0.1, -0.05) is 6.07 Å². The Kier molecular flexibility index (Phi) is 6.78. The van der Waals surface area contributed by atoms with Crippen molar-refractivity contribution in [2.24, 2.45) is 0 Å². The Bertz CT molecular complexity index is 1080.